The summed E-state index contributed by atoms with van der Waals surface area (Å²) >= 11 is 0. The summed E-state index contributed by atoms with van der Waals surface area (Å²) in [5, 5.41) is 13.2. The molecule has 0 radical (unpaired) electrons. The van der Waals surface area contributed by atoms with Gasteiger partial charge in [0.2, 0.25) is 0 Å². The molecule has 3 fully saturated rings. The molecule has 45 heavy (non-hydrogen) atoms. The van der Waals surface area contributed by atoms with E-state index in [1.807, 2.05) is 0 Å². The first-order valence-electron chi connectivity index (χ1n) is 14.0. The van der Waals surface area contributed by atoms with Crippen LogP contribution in [0.15, 0.2) is 52.2 Å². The van der Waals surface area contributed by atoms with Gasteiger partial charge in [0.1, 0.15) is 24.1 Å². The van der Waals surface area contributed by atoms with Gasteiger partial charge in [0.05, 0.1) is 32.0 Å². The number of para-hydroxylation sites is 1. The van der Waals surface area contributed by atoms with Crippen LogP contribution in [-0.2, 0) is 32.4 Å². The molecule has 0 spiro atoms. The number of nitrogens with zero attached hydrogens (tertiary/aromatic N) is 3. The molecule has 1 aromatic heterocycles. The molecule has 1 aromatic carbocycles. The van der Waals surface area contributed by atoms with Crippen LogP contribution < -0.4 is 20.9 Å². The molecule has 18 heteroatoms. The highest BCUT2D eigenvalue weighted by Crippen LogP contribution is 2.60. The van der Waals surface area contributed by atoms with Gasteiger partial charge in [-0.05, 0) is 25.1 Å². The second-order valence-corrected chi connectivity index (χ2v) is 14.4. The highest BCUT2D eigenvalue weighted by Gasteiger charge is 2.49. The van der Waals surface area contributed by atoms with Crippen LogP contribution in [0.3, 0.4) is 0 Å². The number of rotatable bonds is 15. The van der Waals surface area contributed by atoms with E-state index in [-0.39, 0.29) is 31.8 Å². The Hall–Kier alpha value is -2.91. The third kappa shape index (κ3) is 8.67. The summed E-state index contributed by atoms with van der Waals surface area (Å²) in [6.07, 6.45) is 1.05. The summed E-state index contributed by atoms with van der Waals surface area (Å²) in [5.74, 6) is -0.498. The molecule has 5 atom stereocenters. The van der Waals surface area contributed by atoms with E-state index in [1.165, 1.54) is 32.4 Å². The number of hydrogen-bond donors (Lipinski definition) is 3. The van der Waals surface area contributed by atoms with Crippen LogP contribution in [0.4, 0.5) is 0 Å². The SMILES string of the molecule is C.COC(=O)C(C)NP(=O)(OC[C@H]1OC(n2cc(/C=C\COP(=O)(N3CC3)N3CC3)c(=O)[nH]c2=O)CC1O)Oc1ccccc1. The van der Waals surface area contributed by atoms with Crippen molar-refractivity contribution in [3.63, 3.8) is 0 Å². The molecule has 16 nitrogen and oxygen atoms in total. The summed E-state index contributed by atoms with van der Waals surface area (Å²) < 4.78 is 58.6. The van der Waals surface area contributed by atoms with E-state index in [2.05, 4.69) is 14.8 Å². The van der Waals surface area contributed by atoms with Crippen molar-refractivity contribution in [3.05, 3.63) is 69.0 Å². The number of methoxy groups -OCH3 is 1. The lowest BCUT2D eigenvalue weighted by atomic mass is 10.2. The van der Waals surface area contributed by atoms with E-state index in [0.29, 0.717) is 26.2 Å². The Labute approximate surface area is 260 Å². The minimum atomic E-state index is -4.20. The first-order chi connectivity index (χ1) is 21.0. The maximum Gasteiger partial charge on any atom is 0.459 e. The molecule has 2 aromatic rings. The smallest absolute Gasteiger partial charge is 0.459 e. The van der Waals surface area contributed by atoms with Crippen LogP contribution in [0.1, 0.15) is 32.6 Å². The number of benzene rings is 1. The Bertz CT molecular complexity index is 1560. The zero-order chi connectivity index (χ0) is 31.5. The molecule has 0 amide bonds. The molecule has 0 saturated carbocycles. The van der Waals surface area contributed by atoms with E-state index >= 15 is 0 Å². The minimum Gasteiger partial charge on any atom is -0.468 e. The minimum absolute atomic E-state index is 0. The van der Waals surface area contributed by atoms with Gasteiger partial charge in [-0.2, -0.15) is 5.09 Å². The summed E-state index contributed by atoms with van der Waals surface area (Å²) in [6, 6.07) is 7.09. The summed E-state index contributed by atoms with van der Waals surface area (Å²) in [5.41, 5.74) is -1.30. The van der Waals surface area contributed by atoms with Gasteiger partial charge in [-0.15, -0.1) is 0 Å². The zero-order valence-corrected chi connectivity index (χ0v) is 25.9. The molecular weight excluding hydrogens is 632 g/mol. The van der Waals surface area contributed by atoms with E-state index in [9.17, 15) is 28.6 Å². The van der Waals surface area contributed by atoms with E-state index in [0.717, 1.165) is 4.57 Å². The standard InChI is InChI=1S/C26H35N5O11P2.CH4/c1-18(25(34)38-2)28-43(36,42-20-8-4-3-5-9-20)40-17-22-21(32)15-23(41-22)31-16-19(24(33)27-26(31)35)7-6-14-39-44(37,29-10-11-29)30-12-13-30;/h3-9,16,18,21-23,32H,10-15,17H2,1-2H3,(H,28,36)(H,27,33,35);1H4/b7-6-;/t18?,21?,22-,23?,43?;/m1./s1. The Morgan fingerprint density at radius 1 is 1.16 bits per heavy atom. The first kappa shape index (κ1) is 35.0. The average molecular weight is 672 g/mol. The molecule has 4 heterocycles. The third-order valence-corrected chi connectivity index (χ3v) is 11.4. The van der Waals surface area contributed by atoms with Gasteiger partial charge in [0, 0.05) is 38.8 Å². The van der Waals surface area contributed by atoms with Gasteiger partial charge in [-0.3, -0.25) is 28.2 Å². The van der Waals surface area contributed by atoms with Crippen LogP contribution in [0, 0.1) is 0 Å². The van der Waals surface area contributed by atoms with Crippen LogP contribution in [0.25, 0.3) is 6.08 Å². The van der Waals surface area contributed by atoms with Gasteiger partial charge in [0.15, 0.2) is 0 Å². The monoisotopic (exact) mass is 671 g/mol. The number of carbonyl (C=O) groups is 1. The number of aromatic amines is 1. The molecule has 0 bridgehead atoms. The number of aliphatic hydroxyl groups excluding tert-OH is 1. The molecule has 3 aliphatic heterocycles. The predicted molar refractivity (Wildman–Crippen MR) is 164 cm³/mol. The summed E-state index contributed by atoms with van der Waals surface area (Å²) in [4.78, 5) is 39.3. The van der Waals surface area contributed by atoms with Crippen molar-refractivity contribution in [2.45, 2.75) is 45.2 Å². The number of aliphatic hydroxyl groups is 1. The summed E-state index contributed by atoms with van der Waals surface area (Å²) in [7, 11) is -6.03. The summed E-state index contributed by atoms with van der Waals surface area (Å²) in [6.45, 7) is 3.82. The van der Waals surface area contributed by atoms with Crippen molar-refractivity contribution in [2.24, 2.45) is 0 Å². The lowest BCUT2D eigenvalue weighted by molar-refractivity contribution is -0.142. The lowest BCUT2D eigenvalue weighted by Crippen LogP contribution is -2.36. The van der Waals surface area contributed by atoms with Gasteiger partial charge in [0.25, 0.3) is 5.56 Å². The normalized spacial score (nSPS) is 23.7. The highest BCUT2D eigenvalue weighted by molar-refractivity contribution is 7.54. The largest absolute Gasteiger partial charge is 0.468 e. The molecule has 3 saturated heterocycles. The Kier molecular flexibility index (Phi) is 11.4. The topological polar surface area (TPSA) is 190 Å². The molecule has 5 rings (SSSR count). The van der Waals surface area contributed by atoms with Gasteiger partial charge in [-0.25, -0.2) is 18.7 Å². The van der Waals surface area contributed by atoms with Crippen LogP contribution >= 0.6 is 15.4 Å². The number of hydrogen-bond acceptors (Lipinski definition) is 11. The number of ether oxygens (including phenoxy) is 2. The predicted octanol–water partition coefficient (Wildman–Crippen LogP) is 1.95. The van der Waals surface area contributed by atoms with Crippen LogP contribution in [-0.4, -0.2) is 94.7 Å². The maximum absolute atomic E-state index is 13.6. The fraction of sp³-hybridized carbons (Fsp3) is 0.519. The quantitative estimate of drug-likeness (QED) is 0.141. The first-order valence-corrected chi connectivity index (χ1v) is 17.0. The molecule has 4 unspecified atom stereocenters. The second-order valence-electron chi connectivity index (χ2n) is 10.4. The molecule has 3 N–H and O–H groups in total. The molecule has 248 valence electrons. The third-order valence-electron chi connectivity index (χ3n) is 6.99. The van der Waals surface area contributed by atoms with Gasteiger partial charge >= 0.3 is 27.1 Å². The fourth-order valence-electron chi connectivity index (χ4n) is 4.47. The number of esters is 1. The Morgan fingerprint density at radius 2 is 1.82 bits per heavy atom. The van der Waals surface area contributed by atoms with Crippen LogP contribution in [0.2, 0.25) is 0 Å². The lowest BCUT2D eigenvalue weighted by Gasteiger charge is -2.24. The van der Waals surface area contributed by atoms with Crippen molar-refractivity contribution in [1.82, 2.24) is 24.0 Å². The van der Waals surface area contributed by atoms with Gasteiger partial charge < -0.3 is 23.6 Å². The van der Waals surface area contributed by atoms with E-state index < -0.39 is 63.7 Å². The molecular formula is C27H39N5O11P2. The van der Waals surface area contributed by atoms with Crippen LogP contribution in [0.5, 0.6) is 5.75 Å². The second kappa shape index (κ2) is 14.7. The van der Waals surface area contributed by atoms with Gasteiger partial charge in [-0.1, -0.05) is 31.7 Å². The Balaban J connectivity index is 0.00000461. The van der Waals surface area contributed by atoms with Crippen molar-refractivity contribution in [1.29, 1.82) is 0 Å². The molecule has 3 aliphatic rings. The van der Waals surface area contributed by atoms with E-state index in [4.69, 9.17) is 18.3 Å². The van der Waals surface area contributed by atoms with Crippen molar-refractivity contribution in [3.8, 4) is 5.75 Å². The zero-order valence-electron chi connectivity index (χ0n) is 24.1. The number of H-pyrrole nitrogens is 1. The maximum atomic E-state index is 13.6. The number of aromatic nitrogens is 2. The number of carbonyl (C=O) groups excluding carboxylic acids is 1. The van der Waals surface area contributed by atoms with Crippen molar-refractivity contribution >= 4 is 27.5 Å². The Morgan fingerprint density at radius 3 is 2.44 bits per heavy atom. The van der Waals surface area contributed by atoms with Crippen molar-refractivity contribution < 1.29 is 42.1 Å². The number of nitrogens with one attached hydrogen (secondary N) is 2. The highest BCUT2D eigenvalue weighted by atomic mass is 31.2. The van der Waals surface area contributed by atoms with Crippen molar-refractivity contribution in [2.75, 3.05) is 46.5 Å². The fourth-order valence-corrected chi connectivity index (χ4v) is 8.13. The average Bonchev–Trinajstić information content (AvgIpc) is 3.92. The molecule has 0 aliphatic carbocycles. The van der Waals surface area contributed by atoms with E-state index in [1.54, 1.807) is 39.7 Å².